The quantitative estimate of drug-likeness (QED) is 0.761. The second-order valence-corrected chi connectivity index (χ2v) is 7.40. The van der Waals surface area contributed by atoms with Crippen molar-refractivity contribution in [3.05, 3.63) is 0 Å². The summed E-state index contributed by atoms with van der Waals surface area (Å²) in [6.07, 6.45) is 9.02. The van der Waals surface area contributed by atoms with Crippen molar-refractivity contribution in [3.63, 3.8) is 0 Å². The Bertz CT molecular complexity index is 378. The minimum Gasteiger partial charge on any atom is -0.376 e. The average molecular weight is 331 g/mol. The van der Waals surface area contributed by atoms with Crippen LogP contribution < -0.4 is 11.1 Å². The molecule has 128 valence electrons. The van der Waals surface area contributed by atoms with E-state index in [1.807, 2.05) is 0 Å². The third-order valence-corrected chi connectivity index (χ3v) is 6.05. The highest BCUT2D eigenvalue weighted by molar-refractivity contribution is 5.85. The molecule has 3 aliphatic rings. The van der Waals surface area contributed by atoms with Crippen molar-refractivity contribution < 1.29 is 9.53 Å². The molecule has 3 fully saturated rings. The van der Waals surface area contributed by atoms with E-state index >= 15 is 0 Å². The number of halogens is 1. The second kappa shape index (κ2) is 7.98. The predicted octanol–water partition coefficient (Wildman–Crippen LogP) is 2.49. The standard InChI is InChI=1S/C17H30N2O2.ClH/c1-11-4-2-3-5-14(11)21-9-8-19-17(20)15-12-6-7-13(10-12)16(15)18;/h11-16H,2-10,18H2,1H3,(H,19,20);1H. The van der Waals surface area contributed by atoms with Gasteiger partial charge in [-0.3, -0.25) is 4.79 Å². The van der Waals surface area contributed by atoms with E-state index in [-0.39, 0.29) is 30.3 Å². The maximum absolute atomic E-state index is 12.3. The van der Waals surface area contributed by atoms with Gasteiger partial charge in [0, 0.05) is 12.6 Å². The van der Waals surface area contributed by atoms with Gasteiger partial charge in [-0.15, -0.1) is 12.4 Å². The fourth-order valence-corrected chi connectivity index (χ4v) is 4.76. The molecule has 0 heterocycles. The molecule has 3 rings (SSSR count). The van der Waals surface area contributed by atoms with Crippen LogP contribution >= 0.6 is 12.4 Å². The Hall–Kier alpha value is -0.320. The number of carbonyl (C=O) groups excluding carboxylic acids is 1. The smallest absolute Gasteiger partial charge is 0.225 e. The van der Waals surface area contributed by atoms with Crippen molar-refractivity contribution in [1.82, 2.24) is 5.32 Å². The molecule has 6 atom stereocenters. The van der Waals surface area contributed by atoms with Gasteiger partial charge >= 0.3 is 0 Å². The van der Waals surface area contributed by atoms with Gasteiger partial charge in [0.1, 0.15) is 0 Å². The maximum atomic E-state index is 12.3. The number of nitrogens with one attached hydrogen (secondary N) is 1. The molecule has 3 aliphatic carbocycles. The number of carbonyl (C=O) groups is 1. The van der Waals surface area contributed by atoms with Gasteiger partial charge in [-0.25, -0.2) is 0 Å². The van der Waals surface area contributed by atoms with E-state index in [0.29, 0.717) is 37.0 Å². The summed E-state index contributed by atoms with van der Waals surface area (Å²) < 4.78 is 5.95. The molecule has 3 saturated carbocycles. The molecule has 0 spiro atoms. The lowest BCUT2D eigenvalue weighted by atomic mass is 9.84. The number of fused-ring (bicyclic) bond motifs is 2. The van der Waals surface area contributed by atoms with Crippen molar-refractivity contribution in [1.29, 1.82) is 0 Å². The molecule has 0 aromatic rings. The number of hydrogen-bond donors (Lipinski definition) is 2. The molecule has 6 unspecified atom stereocenters. The molecular formula is C17H31ClN2O2. The Kier molecular flexibility index (Phi) is 6.54. The van der Waals surface area contributed by atoms with Gasteiger partial charge in [0.15, 0.2) is 0 Å². The molecule has 1 amide bonds. The number of nitrogens with two attached hydrogens (primary N) is 1. The fourth-order valence-electron chi connectivity index (χ4n) is 4.76. The van der Waals surface area contributed by atoms with Crippen LogP contribution in [0.3, 0.4) is 0 Å². The molecule has 0 saturated heterocycles. The van der Waals surface area contributed by atoms with E-state index in [1.54, 1.807) is 0 Å². The van der Waals surface area contributed by atoms with E-state index in [2.05, 4.69) is 12.2 Å². The lowest BCUT2D eigenvalue weighted by Gasteiger charge is -2.29. The summed E-state index contributed by atoms with van der Waals surface area (Å²) in [6.45, 7) is 3.54. The van der Waals surface area contributed by atoms with Crippen molar-refractivity contribution in [3.8, 4) is 0 Å². The van der Waals surface area contributed by atoms with E-state index < -0.39 is 0 Å². The van der Waals surface area contributed by atoms with Crippen molar-refractivity contribution in [2.75, 3.05) is 13.2 Å². The number of rotatable bonds is 5. The summed E-state index contributed by atoms with van der Waals surface area (Å²) in [5.41, 5.74) is 6.21. The van der Waals surface area contributed by atoms with Crippen LogP contribution in [-0.2, 0) is 9.53 Å². The first-order chi connectivity index (χ1) is 10.2. The van der Waals surface area contributed by atoms with Crippen LogP contribution in [-0.4, -0.2) is 31.2 Å². The molecule has 22 heavy (non-hydrogen) atoms. The second-order valence-electron chi connectivity index (χ2n) is 7.40. The van der Waals surface area contributed by atoms with Crippen molar-refractivity contribution >= 4 is 18.3 Å². The number of hydrogen-bond acceptors (Lipinski definition) is 3. The van der Waals surface area contributed by atoms with Gasteiger partial charge in [-0.1, -0.05) is 19.8 Å². The lowest BCUT2D eigenvalue weighted by Crippen LogP contribution is -2.46. The highest BCUT2D eigenvalue weighted by Crippen LogP contribution is 2.47. The molecule has 0 aromatic carbocycles. The zero-order valence-corrected chi connectivity index (χ0v) is 14.4. The van der Waals surface area contributed by atoms with E-state index in [9.17, 15) is 4.79 Å². The first-order valence-corrected chi connectivity index (χ1v) is 8.81. The predicted molar refractivity (Wildman–Crippen MR) is 89.9 cm³/mol. The molecule has 0 aliphatic heterocycles. The van der Waals surface area contributed by atoms with Gasteiger partial charge in [-0.05, 0) is 49.9 Å². The summed E-state index contributed by atoms with van der Waals surface area (Å²) in [5, 5.41) is 3.05. The lowest BCUT2D eigenvalue weighted by molar-refractivity contribution is -0.127. The molecule has 0 aromatic heterocycles. The van der Waals surface area contributed by atoms with Gasteiger partial charge < -0.3 is 15.8 Å². The largest absolute Gasteiger partial charge is 0.376 e. The summed E-state index contributed by atoms with van der Waals surface area (Å²) in [5.74, 6) is 2.00. The normalized spacial score (nSPS) is 40.3. The van der Waals surface area contributed by atoms with Gasteiger partial charge in [0.2, 0.25) is 5.91 Å². The Morgan fingerprint density at radius 3 is 2.59 bits per heavy atom. The van der Waals surface area contributed by atoms with Crippen LogP contribution in [0.15, 0.2) is 0 Å². The summed E-state index contributed by atoms with van der Waals surface area (Å²) >= 11 is 0. The Morgan fingerprint density at radius 2 is 1.91 bits per heavy atom. The van der Waals surface area contributed by atoms with Crippen LogP contribution in [0.25, 0.3) is 0 Å². The Morgan fingerprint density at radius 1 is 1.18 bits per heavy atom. The van der Waals surface area contributed by atoms with Crippen molar-refractivity contribution in [2.45, 2.75) is 64.0 Å². The first kappa shape index (κ1) is 18.0. The SMILES string of the molecule is CC1CCCCC1OCCNC(=O)C1C2CCC(C2)C1N.Cl. The topological polar surface area (TPSA) is 64.3 Å². The highest BCUT2D eigenvalue weighted by Gasteiger charge is 2.48. The molecule has 3 N–H and O–H groups in total. The molecular weight excluding hydrogens is 300 g/mol. The zero-order chi connectivity index (χ0) is 14.8. The van der Waals surface area contributed by atoms with Crippen molar-refractivity contribution in [2.24, 2.45) is 29.4 Å². The van der Waals surface area contributed by atoms with Crippen LogP contribution in [0, 0.1) is 23.7 Å². The van der Waals surface area contributed by atoms with Gasteiger partial charge in [-0.2, -0.15) is 0 Å². The Balaban J connectivity index is 0.00000176. The number of amides is 1. The summed E-state index contributed by atoms with van der Waals surface area (Å²) in [7, 11) is 0. The fraction of sp³-hybridized carbons (Fsp3) is 0.941. The van der Waals surface area contributed by atoms with Gasteiger partial charge in [0.05, 0.1) is 18.6 Å². The molecule has 5 heteroatoms. The zero-order valence-electron chi connectivity index (χ0n) is 13.6. The highest BCUT2D eigenvalue weighted by atomic mass is 35.5. The van der Waals surface area contributed by atoms with Crippen LogP contribution in [0.5, 0.6) is 0 Å². The van der Waals surface area contributed by atoms with E-state index in [0.717, 1.165) is 6.42 Å². The van der Waals surface area contributed by atoms with Crippen LogP contribution in [0.1, 0.15) is 51.9 Å². The monoisotopic (exact) mass is 330 g/mol. The minimum absolute atomic E-state index is 0. The molecule has 2 bridgehead atoms. The van der Waals surface area contributed by atoms with Crippen LogP contribution in [0.2, 0.25) is 0 Å². The van der Waals surface area contributed by atoms with Gasteiger partial charge in [0.25, 0.3) is 0 Å². The minimum atomic E-state index is 0. The molecule has 4 nitrogen and oxygen atoms in total. The van der Waals surface area contributed by atoms with E-state index in [4.69, 9.17) is 10.5 Å². The summed E-state index contributed by atoms with van der Waals surface area (Å²) in [6, 6.07) is 0.0861. The third-order valence-electron chi connectivity index (χ3n) is 6.05. The molecule has 0 radical (unpaired) electrons. The Labute approximate surface area is 140 Å². The number of ether oxygens (including phenoxy) is 1. The third kappa shape index (κ3) is 3.77. The van der Waals surface area contributed by atoms with Crippen LogP contribution in [0.4, 0.5) is 0 Å². The summed E-state index contributed by atoms with van der Waals surface area (Å²) in [4.78, 5) is 12.3. The average Bonchev–Trinajstić information content (AvgIpc) is 3.06. The first-order valence-electron chi connectivity index (χ1n) is 8.81. The van der Waals surface area contributed by atoms with E-state index in [1.165, 1.54) is 38.5 Å². The maximum Gasteiger partial charge on any atom is 0.225 e.